The maximum Gasteiger partial charge on any atom is 0.350 e. The molecule has 2 atom stereocenters. The Kier molecular flexibility index (Phi) is 7.82. The summed E-state index contributed by atoms with van der Waals surface area (Å²) in [5, 5.41) is 1.00. The Balaban J connectivity index is 1.53. The van der Waals surface area contributed by atoms with E-state index in [1.807, 2.05) is 11.8 Å². The Morgan fingerprint density at radius 3 is 2.73 bits per heavy atom. The first-order valence-electron chi connectivity index (χ1n) is 13.9. The summed E-state index contributed by atoms with van der Waals surface area (Å²) < 4.78 is 36.3. The van der Waals surface area contributed by atoms with E-state index in [2.05, 4.69) is 11.6 Å². The lowest BCUT2D eigenvalue weighted by Crippen LogP contribution is -2.54. The maximum absolute atomic E-state index is 15.1. The Morgan fingerprint density at radius 2 is 2.02 bits per heavy atom. The van der Waals surface area contributed by atoms with E-state index in [9.17, 15) is 14.0 Å². The second-order valence-corrected chi connectivity index (χ2v) is 12.4. The van der Waals surface area contributed by atoms with Crippen LogP contribution in [-0.2, 0) is 9.53 Å². The van der Waals surface area contributed by atoms with Crippen LogP contribution < -0.4 is 10.6 Å². The minimum absolute atomic E-state index is 0.0984. The summed E-state index contributed by atoms with van der Waals surface area (Å²) in [7, 11) is 0. The van der Waals surface area contributed by atoms with Gasteiger partial charge in [0.25, 0.3) is 0 Å². The second-order valence-electron chi connectivity index (χ2n) is 11.0. The number of rotatable bonds is 5. The summed E-state index contributed by atoms with van der Waals surface area (Å²) >= 11 is 8.44. The predicted molar refractivity (Wildman–Crippen MR) is 158 cm³/mol. The van der Waals surface area contributed by atoms with Crippen molar-refractivity contribution in [3.05, 3.63) is 64.1 Å². The lowest BCUT2D eigenvalue weighted by molar-refractivity contribution is -0.126. The van der Waals surface area contributed by atoms with E-state index < -0.39 is 11.6 Å². The molecule has 1 amide bonds. The van der Waals surface area contributed by atoms with Gasteiger partial charge in [0.1, 0.15) is 17.5 Å². The van der Waals surface area contributed by atoms with Gasteiger partial charge < -0.3 is 14.5 Å². The van der Waals surface area contributed by atoms with Crippen molar-refractivity contribution in [2.24, 2.45) is 5.92 Å². The third-order valence-corrected chi connectivity index (χ3v) is 9.95. The van der Waals surface area contributed by atoms with Crippen LogP contribution in [0.15, 0.2) is 46.6 Å². The molecule has 216 valence electrons. The molecule has 2 fully saturated rings. The zero-order chi connectivity index (χ0) is 28.8. The fourth-order valence-electron chi connectivity index (χ4n) is 6.36. The molecule has 3 aliphatic heterocycles. The molecule has 0 unspecified atom stereocenters. The molecule has 6 rings (SSSR count). The summed E-state index contributed by atoms with van der Waals surface area (Å²) in [5.74, 6) is 0.00723. The highest BCUT2D eigenvalue weighted by molar-refractivity contribution is 7.99. The summed E-state index contributed by atoms with van der Waals surface area (Å²) in [4.78, 5) is 35.2. The fourth-order valence-corrected chi connectivity index (χ4v) is 8.08. The van der Waals surface area contributed by atoms with Gasteiger partial charge in [-0.3, -0.25) is 9.36 Å². The topological polar surface area (TPSA) is 67.7 Å². The van der Waals surface area contributed by atoms with Crippen molar-refractivity contribution in [2.45, 2.75) is 43.2 Å². The number of nitrogens with zero attached hydrogens (tertiary/aromatic N) is 4. The number of ether oxygens (including phenoxy) is 1. The summed E-state index contributed by atoms with van der Waals surface area (Å²) in [5.41, 5.74) is 0.945. The van der Waals surface area contributed by atoms with Gasteiger partial charge >= 0.3 is 5.69 Å². The van der Waals surface area contributed by atoms with E-state index in [0.717, 1.165) is 25.3 Å². The minimum Gasteiger partial charge on any atom is -0.381 e. The highest BCUT2D eigenvalue weighted by Gasteiger charge is 2.34. The van der Waals surface area contributed by atoms with Gasteiger partial charge in [0.2, 0.25) is 5.91 Å². The number of carbonyl (C=O) groups excluding carboxylic acids is 1. The van der Waals surface area contributed by atoms with Crippen LogP contribution in [0.2, 0.25) is 5.02 Å². The zero-order valence-corrected chi connectivity index (χ0v) is 24.3. The van der Waals surface area contributed by atoms with Crippen molar-refractivity contribution >= 4 is 46.0 Å². The Labute approximate surface area is 246 Å². The second kappa shape index (κ2) is 11.4. The van der Waals surface area contributed by atoms with Crippen molar-refractivity contribution in [3.8, 4) is 11.1 Å². The van der Waals surface area contributed by atoms with Crippen molar-refractivity contribution < 1.29 is 18.3 Å². The Bertz CT molecular complexity index is 1590. The van der Waals surface area contributed by atoms with Crippen LogP contribution in [0.4, 0.5) is 14.6 Å². The van der Waals surface area contributed by atoms with E-state index in [1.54, 1.807) is 27.3 Å². The maximum atomic E-state index is 15.1. The molecule has 0 aliphatic carbocycles. The fraction of sp³-hybridized carbons (Fsp3) is 0.433. The largest absolute Gasteiger partial charge is 0.381 e. The first kappa shape index (κ1) is 28.2. The van der Waals surface area contributed by atoms with E-state index in [4.69, 9.17) is 16.3 Å². The van der Waals surface area contributed by atoms with Gasteiger partial charge in [-0.2, -0.15) is 4.98 Å². The summed E-state index contributed by atoms with van der Waals surface area (Å²) in [6, 6.07) is 4.99. The summed E-state index contributed by atoms with van der Waals surface area (Å²) in [6.07, 6.45) is 4.00. The molecule has 0 saturated carbocycles. The Hall–Kier alpha value is -2.95. The molecule has 2 aromatic carbocycles. The number of anilines is 1. The molecule has 0 N–H and O–H groups in total. The normalized spacial score (nSPS) is 21.4. The number of amides is 1. The highest BCUT2D eigenvalue weighted by Crippen LogP contribution is 2.49. The van der Waals surface area contributed by atoms with Gasteiger partial charge in [0.15, 0.2) is 0 Å². The van der Waals surface area contributed by atoms with Gasteiger partial charge in [0, 0.05) is 78.2 Å². The quantitative estimate of drug-likeness (QED) is 0.351. The van der Waals surface area contributed by atoms with E-state index in [-0.39, 0.29) is 29.2 Å². The summed E-state index contributed by atoms with van der Waals surface area (Å²) in [6.45, 7) is 8.40. The molecule has 1 aromatic heterocycles. The molecule has 11 heteroatoms. The minimum atomic E-state index is -0.716. The molecule has 3 aliphatic rings. The molecule has 7 nitrogen and oxygen atoms in total. The van der Waals surface area contributed by atoms with Crippen molar-refractivity contribution in [2.75, 3.05) is 43.5 Å². The number of aromatic nitrogens is 2. The van der Waals surface area contributed by atoms with Crippen LogP contribution in [0.25, 0.3) is 22.0 Å². The molecule has 41 heavy (non-hydrogen) atoms. The molecule has 3 aromatic rings. The molecular formula is C30H31ClF2N4O3S. The van der Waals surface area contributed by atoms with Crippen LogP contribution in [0.1, 0.15) is 32.2 Å². The standard InChI is InChI=1S/C30H31ClF2N4O3S/c1-3-25(38)35-8-9-36(17(2)15-35)29-22-14-23(31)26(21-5-4-19(32)13-24(21)33)28-27(22)37(30(39)34-29)20(16-41-28)12-18-6-10-40-11-7-18/h3-5,13-14,17-18,20H,1,6-12,15-16H2,2H3/t17-,20-/m0/s1. The number of hydrogen-bond donors (Lipinski definition) is 0. The van der Waals surface area contributed by atoms with E-state index in [1.165, 1.54) is 18.2 Å². The average Bonchev–Trinajstić information content (AvgIpc) is 2.96. The van der Waals surface area contributed by atoms with Gasteiger partial charge in [0.05, 0.1) is 10.5 Å². The van der Waals surface area contributed by atoms with Gasteiger partial charge in [-0.15, -0.1) is 11.8 Å². The first-order valence-corrected chi connectivity index (χ1v) is 15.3. The number of benzene rings is 2. The lowest BCUT2D eigenvalue weighted by Gasteiger charge is -2.41. The molecule has 2 saturated heterocycles. The van der Waals surface area contributed by atoms with Crippen LogP contribution in [0.5, 0.6) is 0 Å². The zero-order valence-electron chi connectivity index (χ0n) is 22.7. The van der Waals surface area contributed by atoms with Crippen LogP contribution in [0.3, 0.4) is 0 Å². The van der Waals surface area contributed by atoms with E-state index in [0.29, 0.717) is 76.7 Å². The number of thioether (sulfide) groups is 1. The molecule has 0 bridgehead atoms. The third-order valence-electron chi connectivity index (χ3n) is 8.41. The SMILES string of the molecule is C=CC(=O)N1CCN(c2nc(=O)n3c4c(c(-c5ccc(F)cc5F)c(Cl)cc24)SC[C@@H]3CC2CCOCC2)[C@@H](C)C1. The first-order chi connectivity index (χ1) is 19.8. The van der Waals surface area contributed by atoms with E-state index >= 15 is 4.39 Å². The number of hydrogen-bond acceptors (Lipinski definition) is 6. The number of halogens is 3. The molecular weight excluding hydrogens is 570 g/mol. The smallest absolute Gasteiger partial charge is 0.350 e. The monoisotopic (exact) mass is 600 g/mol. The average molecular weight is 601 g/mol. The van der Waals surface area contributed by atoms with Crippen LogP contribution in [-0.4, -0.2) is 65.0 Å². The van der Waals surface area contributed by atoms with Crippen LogP contribution in [0, 0.1) is 17.6 Å². The van der Waals surface area contributed by atoms with Crippen LogP contribution >= 0.6 is 23.4 Å². The third kappa shape index (κ3) is 5.15. The molecule has 0 spiro atoms. The predicted octanol–water partition coefficient (Wildman–Crippen LogP) is 5.68. The highest BCUT2D eigenvalue weighted by atomic mass is 35.5. The number of carbonyl (C=O) groups is 1. The molecule has 4 heterocycles. The van der Waals surface area contributed by atoms with Crippen molar-refractivity contribution in [3.63, 3.8) is 0 Å². The molecule has 0 radical (unpaired) electrons. The van der Waals surface area contributed by atoms with Crippen molar-refractivity contribution in [1.82, 2.24) is 14.5 Å². The van der Waals surface area contributed by atoms with Gasteiger partial charge in [-0.05, 0) is 56.4 Å². The van der Waals surface area contributed by atoms with Crippen molar-refractivity contribution in [1.29, 1.82) is 0 Å². The van der Waals surface area contributed by atoms with Gasteiger partial charge in [-0.1, -0.05) is 18.2 Å². The lowest BCUT2D eigenvalue weighted by atomic mass is 9.92. The number of piperazine rings is 1. The van der Waals surface area contributed by atoms with Gasteiger partial charge in [-0.25, -0.2) is 13.6 Å². The Morgan fingerprint density at radius 1 is 1.24 bits per heavy atom.